The minimum Gasteiger partial charge on any atom is -0.393 e. The maximum absolute atomic E-state index is 11.0. The fourth-order valence-corrected chi connectivity index (χ4v) is 4.38. The van der Waals surface area contributed by atoms with Gasteiger partial charge in [0.05, 0.1) is 6.10 Å². The molecule has 0 spiro atoms. The van der Waals surface area contributed by atoms with Gasteiger partial charge in [-0.2, -0.15) is 0 Å². The fraction of sp³-hybridized carbons (Fsp3) is 1.00. The first-order valence-corrected chi connectivity index (χ1v) is 9.75. The van der Waals surface area contributed by atoms with Crippen molar-refractivity contribution in [2.75, 3.05) is 0 Å². The summed E-state index contributed by atoms with van der Waals surface area (Å²) >= 11 is 0. The highest BCUT2D eigenvalue weighted by molar-refractivity contribution is 4.95. The average Bonchev–Trinajstić information content (AvgIpc) is 2.37. The van der Waals surface area contributed by atoms with Crippen LogP contribution in [0, 0.1) is 28.6 Å². The van der Waals surface area contributed by atoms with Crippen LogP contribution in [0.3, 0.4) is 0 Å². The van der Waals surface area contributed by atoms with Gasteiger partial charge in [-0.25, -0.2) is 0 Å². The Morgan fingerprint density at radius 3 is 1.64 bits per heavy atom. The normalized spacial score (nSPS) is 30.5. The lowest BCUT2D eigenvalue weighted by Crippen LogP contribution is -2.47. The number of unbranched alkanes of at least 4 members (excludes halogenated alkanes) is 4. The van der Waals surface area contributed by atoms with E-state index in [0.29, 0.717) is 11.8 Å². The smallest absolute Gasteiger partial charge is 0.0606 e. The summed E-state index contributed by atoms with van der Waals surface area (Å²) in [6, 6.07) is 0. The molecule has 0 bridgehead atoms. The zero-order valence-corrected chi connectivity index (χ0v) is 16.4. The Hall–Kier alpha value is -0.0400. The molecule has 132 valence electrons. The molecule has 0 aromatic rings. The van der Waals surface area contributed by atoms with Gasteiger partial charge in [0.1, 0.15) is 0 Å². The first-order chi connectivity index (χ1) is 10.1. The zero-order chi connectivity index (χ0) is 17.0. The maximum Gasteiger partial charge on any atom is 0.0606 e. The fourth-order valence-electron chi connectivity index (χ4n) is 4.38. The van der Waals surface area contributed by atoms with E-state index in [1.54, 1.807) is 0 Å². The van der Waals surface area contributed by atoms with Crippen LogP contribution in [-0.2, 0) is 0 Å². The lowest BCUT2D eigenvalue weighted by Gasteiger charge is -2.49. The van der Waals surface area contributed by atoms with Crippen LogP contribution in [0.1, 0.15) is 99.8 Å². The standard InChI is InChI=1S/C21H42O/c1-8-9-10-11-12-13-16-14-17(20(2,3)4)19(22)18(15-16)21(5,6)7/h16-19,22H,8-15H2,1-7H3. The van der Waals surface area contributed by atoms with E-state index in [1.165, 1.54) is 51.4 Å². The Morgan fingerprint density at radius 1 is 0.773 bits per heavy atom. The van der Waals surface area contributed by atoms with Crippen molar-refractivity contribution in [2.24, 2.45) is 28.6 Å². The van der Waals surface area contributed by atoms with Crippen molar-refractivity contribution in [1.29, 1.82) is 0 Å². The molecule has 1 nitrogen and oxygen atoms in total. The minimum absolute atomic E-state index is 0.128. The molecule has 0 aromatic heterocycles. The Kier molecular flexibility index (Phi) is 7.43. The lowest BCUT2D eigenvalue weighted by atomic mass is 9.58. The summed E-state index contributed by atoms with van der Waals surface area (Å²) in [5.41, 5.74) is 0.424. The van der Waals surface area contributed by atoms with E-state index in [0.717, 1.165) is 5.92 Å². The molecule has 1 rings (SSSR count). The summed E-state index contributed by atoms with van der Waals surface area (Å²) in [6.07, 6.45) is 10.6. The third kappa shape index (κ3) is 5.87. The summed E-state index contributed by atoms with van der Waals surface area (Å²) in [4.78, 5) is 0. The van der Waals surface area contributed by atoms with Crippen LogP contribution in [0.25, 0.3) is 0 Å². The topological polar surface area (TPSA) is 20.2 Å². The largest absolute Gasteiger partial charge is 0.393 e. The third-order valence-electron chi connectivity index (χ3n) is 5.94. The zero-order valence-electron chi connectivity index (χ0n) is 16.4. The molecule has 1 N–H and O–H groups in total. The van der Waals surface area contributed by atoms with Crippen LogP contribution in [0.4, 0.5) is 0 Å². The molecule has 0 saturated heterocycles. The SMILES string of the molecule is CCCCCCCC1CC(C(C)(C)C)C(O)C(C(C)(C)C)C1. The van der Waals surface area contributed by atoms with E-state index in [-0.39, 0.29) is 16.9 Å². The molecule has 0 aromatic carbocycles. The van der Waals surface area contributed by atoms with Crippen LogP contribution < -0.4 is 0 Å². The van der Waals surface area contributed by atoms with Crippen molar-refractivity contribution in [3.63, 3.8) is 0 Å². The van der Waals surface area contributed by atoms with Gasteiger partial charge in [0, 0.05) is 0 Å². The number of aliphatic hydroxyl groups is 1. The second-order valence-corrected chi connectivity index (χ2v) is 9.98. The quantitative estimate of drug-likeness (QED) is 0.559. The van der Waals surface area contributed by atoms with Crippen LogP contribution >= 0.6 is 0 Å². The number of hydrogen-bond donors (Lipinski definition) is 1. The molecule has 1 fully saturated rings. The first-order valence-electron chi connectivity index (χ1n) is 9.75. The van der Waals surface area contributed by atoms with Gasteiger partial charge < -0.3 is 5.11 Å². The van der Waals surface area contributed by atoms with Crippen molar-refractivity contribution in [1.82, 2.24) is 0 Å². The molecule has 0 aliphatic heterocycles. The Bertz CT molecular complexity index is 283. The monoisotopic (exact) mass is 310 g/mol. The summed E-state index contributed by atoms with van der Waals surface area (Å²) in [5.74, 6) is 1.72. The lowest BCUT2D eigenvalue weighted by molar-refractivity contribution is -0.0847. The first kappa shape index (κ1) is 20.0. The van der Waals surface area contributed by atoms with Gasteiger partial charge in [-0.15, -0.1) is 0 Å². The Labute approximate surface area is 140 Å². The van der Waals surface area contributed by atoms with E-state index in [2.05, 4.69) is 48.5 Å². The summed E-state index contributed by atoms with van der Waals surface area (Å²) in [6.45, 7) is 16.1. The Balaban J connectivity index is 2.66. The second-order valence-electron chi connectivity index (χ2n) is 9.98. The molecule has 1 aliphatic carbocycles. The highest BCUT2D eigenvalue weighted by atomic mass is 16.3. The molecule has 2 unspecified atom stereocenters. The molecule has 0 heterocycles. The second kappa shape index (κ2) is 8.18. The van der Waals surface area contributed by atoms with Gasteiger partial charge in [-0.05, 0) is 41.4 Å². The van der Waals surface area contributed by atoms with Gasteiger partial charge in [-0.3, -0.25) is 0 Å². The van der Waals surface area contributed by atoms with E-state index in [9.17, 15) is 5.11 Å². The number of aliphatic hydroxyl groups excluding tert-OH is 1. The van der Waals surface area contributed by atoms with Gasteiger partial charge in [0.15, 0.2) is 0 Å². The molecule has 0 radical (unpaired) electrons. The van der Waals surface area contributed by atoms with Crippen molar-refractivity contribution in [3.8, 4) is 0 Å². The summed E-state index contributed by atoms with van der Waals surface area (Å²) in [7, 11) is 0. The average molecular weight is 311 g/mol. The molecular formula is C21H42O. The van der Waals surface area contributed by atoms with Crippen LogP contribution in [-0.4, -0.2) is 11.2 Å². The minimum atomic E-state index is -0.128. The van der Waals surface area contributed by atoms with Crippen LogP contribution in [0.15, 0.2) is 0 Å². The summed E-state index contributed by atoms with van der Waals surface area (Å²) in [5, 5.41) is 11.0. The predicted octanol–water partition coefficient (Wildman–Crippen LogP) is 6.44. The molecule has 22 heavy (non-hydrogen) atoms. The highest BCUT2D eigenvalue weighted by Crippen LogP contribution is 2.49. The molecular weight excluding hydrogens is 268 g/mol. The van der Waals surface area contributed by atoms with Gasteiger partial charge in [0.25, 0.3) is 0 Å². The molecule has 2 atom stereocenters. The van der Waals surface area contributed by atoms with Gasteiger partial charge in [-0.1, -0.05) is 87.0 Å². The molecule has 1 saturated carbocycles. The van der Waals surface area contributed by atoms with Gasteiger partial charge in [0.2, 0.25) is 0 Å². The predicted molar refractivity (Wildman–Crippen MR) is 98.0 cm³/mol. The molecule has 0 amide bonds. The van der Waals surface area contributed by atoms with Crippen LogP contribution in [0.2, 0.25) is 0 Å². The van der Waals surface area contributed by atoms with E-state index in [1.807, 2.05) is 0 Å². The van der Waals surface area contributed by atoms with Crippen molar-refractivity contribution in [2.45, 2.75) is 106 Å². The van der Waals surface area contributed by atoms with Crippen molar-refractivity contribution >= 4 is 0 Å². The number of rotatable bonds is 6. The van der Waals surface area contributed by atoms with Crippen molar-refractivity contribution in [3.05, 3.63) is 0 Å². The number of hydrogen-bond acceptors (Lipinski definition) is 1. The van der Waals surface area contributed by atoms with E-state index >= 15 is 0 Å². The Morgan fingerprint density at radius 2 is 1.23 bits per heavy atom. The molecule has 1 aliphatic rings. The van der Waals surface area contributed by atoms with Gasteiger partial charge >= 0.3 is 0 Å². The van der Waals surface area contributed by atoms with Crippen LogP contribution in [0.5, 0.6) is 0 Å². The molecule has 1 heteroatoms. The van der Waals surface area contributed by atoms with E-state index < -0.39 is 0 Å². The van der Waals surface area contributed by atoms with E-state index in [4.69, 9.17) is 0 Å². The summed E-state index contributed by atoms with van der Waals surface area (Å²) < 4.78 is 0. The van der Waals surface area contributed by atoms with Crippen molar-refractivity contribution < 1.29 is 5.11 Å². The highest BCUT2D eigenvalue weighted by Gasteiger charge is 2.45. The third-order valence-corrected chi connectivity index (χ3v) is 5.94. The maximum atomic E-state index is 11.0.